The molecule has 2 aliphatic heterocycles. The van der Waals surface area contributed by atoms with Crippen molar-refractivity contribution >= 4 is 23.1 Å². The van der Waals surface area contributed by atoms with E-state index < -0.39 is 5.97 Å². The van der Waals surface area contributed by atoms with Crippen LogP contribution in [0.3, 0.4) is 0 Å². The second kappa shape index (κ2) is 9.00. The number of ether oxygens (including phenoxy) is 1. The van der Waals surface area contributed by atoms with Crippen molar-refractivity contribution in [2.75, 3.05) is 29.9 Å². The Labute approximate surface area is 204 Å². The number of carbonyl (C=O) groups is 1. The molecule has 3 aromatic rings. The highest BCUT2D eigenvalue weighted by Crippen LogP contribution is 2.37. The van der Waals surface area contributed by atoms with Crippen molar-refractivity contribution in [3.05, 3.63) is 69.1 Å². The highest BCUT2D eigenvalue weighted by Gasteiger charge is 2.39. The highest BCUT2D eigenvalue weighted by molar-refractivity contribution is 5.94. The lowest BCUT2D eigenvalue weighted by molar-refractivity contribution is -0.0147. The van der Waals surface area contributed by atoms with Crippen molar-refractivity contribution in [1.29, 1.82) is 0 Å². The Balaban J connectivity index is 1.53. The van der Waals surface area contributed by atoms with Crippen LogP contribution in [0.1, 0.15) is 65.7 Å². The first-order chi connectivity index (χ1) is 16.8. The number of aryl methyl sites for hydroxylation is 1. The number of aromatic nitrogens is 2. The quantitative estimate of drug-likeness (QED) is 0.566. The number of benzene rings is 1. The zero-order valence-corrected chi connectivity index (χ0v) is 20.5. The van der Waals surface area contributed by atoms with Gasteiger partial charge in [-0.25, -0.2) is 9.78 Å². The van der Waals surface area contributed by atoms with Crippen molar-refractivity contribution in [3.63, 3.8) is 0 Å². The lowest BCUT2D eigenvalue weighted by Gasteiger charge is -2.39. The monoisotopic (exact) mass is 476 g/mol. The lowest BCUT2D eigenvalue weighted by atomic mass is 9.88. The molecule has 35 heavy (non-hydrogen) atoms. The number of aromatic carboxylic acids is 1. The standard InChI is InChI=1S/C27H32N4O4/c1-17-15-21(19(3)28-22-8-5-4-7-20(22)26(33)34)24-29-23(18(2)25(32)31(24)16-17)30-12-10-27(11-13-30)9-6-14-35-27/h4-5,7-8,15-16,19,28H,6,9-14H2,1-3H3,(H,33,34)/t19-/m1/s1. The third-order valence-corrected chi connectivity index (χ3v) is 7.44. The van der Waals surface area contributed by atoms with Crippen molar-refractivity contribution < 1.29 is 14.6 Å². The molecule has 1 aromatic carbocycles. The van der Waals surface area contributed by atoms with E-state index in [0.29, 0.717) is 16.9 Å². The molecule has 5 rings (SSSR count). The summed E-state index contributed by atoms with van der Waals surface area (Å²) < 4.78 is 7.69. The summed E-state index contributed by atoms with van der Waals surface area (Å²) in [5.74, 6) is -0.262. The summed E-state index contributed by atoms with van der Waals surface area (Å²) in [5.41, 5.74) is 3.65. The van der Waals surface area contributed by atoms with Gasteiger partial charge in [-0.3, -0.25) is 9.20 Å². The molecule has 4 heterocycles. The van der Waals surface area contributed by atoms with Gasteiger partial charge in [-0.15, -0.1) is 0 Å². The van der Waals surface area contributed by atoms with Gasteiger partial charge in [-0.2, -0.15) is 0 Å². The summed E-state index contributed by atoms with van der Waals surface area (Å²) in [5, 5.41) is 12.9. The van der Waals surface area contributed by atoms with Gasteiger partial charge < -0.3 is 20.1 Å². The van der Waals surface area contributed by atoms with E-state index in [1.807, 2.05) is 33.0 Å². The van der Waals surface area contributed by atoms with E-state index in [0.717, 1.165) is 62.3 Å². The third-order valence-electron chi connectivity index (χ3n) is 7.44. The van der Waals surface area contributed by atoms with Crippen LogP contribution in [0.2, 0.25) is 0 Å². The molecule has 2 saturated heterocycles. The number of rotatable bonds is 5. The van der Waals surface area contributed by atoms with E-state index >= 15 is 0 Å². The molecule has 0 saturated carbocycles. The van der Waals surface area contributed by atoms with Crippen LogP contribution >= 0.6 is 0 Å². The maximum Gasteiger partial charge on any atom is 0.337 e. The molecule has 8 nitrogen and oxygen atoms in total. The number of nitrogens with zero attached hydrogens (tertiary/aromatic N) is 3. The summed E-state index contributed by atoms with van der Waals surface area (Å²) in [4.78, 5) is 32.4. The maximum absolute atomic E-state index is 13.4. The summed E-state index contributed by atoms with van der Waals surface area (Å²) in [6, 6.07) is 8.58. The molecule has 0 amide bonds. The summed E-state index contributed by atoms with van der Waals surface area (Å²) in [7, 11) is 0. The third kappa shape index (κ3) is 4.27. The Morgan fingerprint density at radius 3 is 2.63 bits per heavy atom. The Morgan fingerprint density at radius 1 is 1.20 bits per heavy atom. The number of para-hydroxylation sites is 1. The molecule has 2 fully saturated rings. The second-order valence-electron chi connectivity index (χ2n) is 9.87. The van der Waals surface area contributed by atoms with Gasteiger partial charge >= 0.3 is 5.97 Å². The fourth-order valence-electron chi connectivity index (χ4n) is 5.49. The minimum absolute atomic E-state index is 0.00542. The van der Waals surface area contributed by atoms with E-state index in [1.54, 1.807) is 28.7 Å². The number of hydrogen-bond donors (Lipinski definition) is 2. The molecule has 0 unspecified atom stereocenters. The molecular formula is C27H32N4O4. The molecule has 0 aliphatic carbocycles. The molecular weight excluding hydrogens is 444 g/mol. The fraction of sp³-hybridized carbons (Fsp3) is 0.444. The molecule has 8 heteroatoms. The van der Waals surface area contributed by atoms with Gasteiger partial charge in [0.2, 0.25) is 0 Å². The van der Waals surface area contributed by atoms with E-state index in [-0.39, 0.29) is 22.8 Å². The first-order valence-electron chi connectivity index (χ1n) is 12.3. The molecule has 0 radical (unpaired) electrons. The number of pyridine rings is 1. The number of hydrogen-bond acceptors (Lipinski definition) is 6. The zero-order chi connectivity index (χ0) is 24.7. The van der Waals surface area contributed by atoms with Gasteiger partial charge in [-0.05, 0) is 70.2 Å². The largest absolute Gasteiger partial charge is 0.478 e. The van der Waals surface area contributed by atoms with Crippen LogP contribution in [0, 0.1) is 13.8 Å². The zero-order valence-electron chi connectivity index (χ0n) is 20.5. The predicted molar refractivity (Wildman–Crippen MR) is 136 cm³/mol. The molecule has 2 aliphatic rings. The Bertz CT molecular complexity index is 1330. The van der Waals surface area contributed by atoms with Gasteiger partial charge in [-0.1, -0.05) is 12.1 Å². The number of anilines is 2. The van der Waals surface area contributed by atoms with Gasteiger partial charge in [0.1, 0.15) is 11.5 Å². The molecule has 2 aromatic heterocycles. The smallest absolute Gasteiger partial charge is 0.337 e. The van der Waals surface area contributed by atoms with E-state index in [1.165, 1.54) is 0 Å². The van der Waals surface area contributed by atoms with Crippen molar-refractivity contribution in [3.8, 4) is 0 Å². The van der Waals surface area contributed by atoms with E-state index in [4.69, 9.17) is 9.72 Å². The summed E-state index contributed by atoms with van der Waals surface area (Å²) in [6.07, 6.45) is 5.93. The normalized spacial score (nSPS) is 18.2. The minimum atomic E-state index is -0.990. The molecule has 2 N–H and O–H groups in total. The van der Waals surface area contributed by atoms with Crippen molar-refractivity contribution in [2.45, 2.75) is 58.1 Å². The van der Waals surface area contributed by atoms with Gasteiger partial charge in [0, 0.05) is 37.1 Å². The summed E-state index contributed by atoms with van der Waals surface area (Å²) >= 11 is 0. The van der Waals surface area contributed by atoms with Crippen molar-refractivity contribution in [2.24, 2.45) is 0 Å². The average molecular weight is 477 g/mol. The maximum atomic E-state index is 13.4. The molecule has 0 bridgehead atoms. The number of nitrogens with one attached hydrogen (secondary N) is 1. The second-order valence-corrected chi connectivity index (χ2v) is 9.87. The van der Waals surface area contributed by atoms with Crippen LogP contribution in [0.25, 0.3) is 5.65 Å². The highest BCUT2D eigenvalue weighted by atomic mass is 16.5. The van der Waals surface area contributed by atoms with Crippen LogP contribution in [0.4, 0.5) is 11.5 Å². The lowest BCUT2D eigenvalue weighted by Crippen LogP contribution is -2.45. The fourth-order valence-corrected chi connectivity index (χ4v) is 5.49. The number of carboxylic acid groups (broad SMARTS) is 1. The minimum Gasteiger partial charge on any atom is -0.478 e. The van der Waals surface area contributed by atoms with E-state index in [9.17, 15) is 14.7 Å². The molecule has 1 spiro atoms. The van der Waals surface area contributed by atoms with Crippen LogP contribution in [0.15, 0.2) is 41.3 Å². The van der Waals surface area contributed by atoms with Crippen molar-refractivity contribution in [1.82, 2.24) is 9.38 Å². The SMILES string of the molecule is Cc1cc([C@@H](C)Nc2ccccc2C(=O)O)c2nc(N3CCC4(CCCO4)CC3)c(C)c(=O)n2c1. The number of carboxylic acids is 1. The topological polar surface area (TPSA) is 96.2 Å². The molecule has 1 atom stereocenters. The van der Waals surface area contributed by atoms with Gasteiger partial charge in [0.05, 0.1) is 22.8 Å². The Morgan fingerprint density at radius 2 is 1.94 bits per heavy atom. The van der Waals surface area contributed by atoms with Gasteiger partial charge in [0.15, 0.2) is 0 Å². The number of piperidine rings is 1. The Kier molecular flexibility index (Phi) is 6.01. The van der Waals surface area contributed by atoms with Gasteiger partial charge in [0.25, 0.3) is 5.56 Å². The van der Waals surface area contributed by atoms with Crippen LogP contribution in [-0.2, 0) is 4.74 Å². The number of fused-ring (bicyclic) bond motifs is 1. The first kappa shape index (κ1) is 23.4. The average Bonchev–Trinajstić information content (AvgIpc) is 3.30. The Hall–Kier alpha value is -3.39. The van der Waals surface area contributed by atoms with Crippen LogP contribution < -0.4 is 15.8 Å². The molecule has 184 valence electrons. The van der Waals surface area contributed by atoms with E-state index in [2.05, 4.69) is 10.2 Å². The van der Waals surface area contributed by atoms with Crippen LogP contribution in [0.5, 0.6) is 0 Å². The predicted octanol–water partition coefficient (Wildman–Crippen LogP) is 4.33. The first-order valence-corrected chi connectivity index (χ1v) is 12.3. The summed E-state index contributed by atoms with van der Waals surface area (Å²) in [6.45, 7) is 8.21. The van der Waals surface area contributed by atoms with Crippen LogP contribution in [-0.4, -0.2) is 45.8 Å².